The summed E-state index contributed by atoms with van der Waals surface area (Å²) < 4.78 is 10.4. The number of ether oxygens (including phenoxy) is 2. The molecule has 3 aromatic rings. The molecule has 0 saturated heterocycles. The van der Waals surface area contributed by atoms with Crippen molar-refractivity contribution in [3.63, 3.8) is 0 Å². The van der Waals surface area contributed by atoms with E-state index in [0.29, 0.717) is 27.4 Å². The molecule has 174 valence electrons. The molecule has 0 bridgehead atoms. The summed E-state index contributed by atoms with van der Waals surface area (Å²) in [5, 5.41) is 11.1. The van der Waals surface area contributed by atoms with Crippen LogP contribution >= 0.6 is 11.6 Å². The lowest BCUT2D eigenvalue weighted by Gasteiger charge is -2.28. The number of nitriles is 1. The van der Waals surface area contributed by atoms with Crippen molar-refractivity contribution in [2.75, 3.05) is 18.6 Å². The van der Waals surface area contributed by atoms with Crippen LogP contribution in [0.2, 0.25) is 5.02 Å². The molecule has 2 aromatic carbocycles. The number of nitrogens with zero attached hydrogens (tertiary/aromatic N) is 3. The Labute approximate surface area is 203 Å². The van der Waals surface area contributed by atoms with E-state index in [0.717, 1.165) is 5.39 Å². The van der Waals surface area contributed by atoms with E-state index in [9.17, 15) is 14.9 Å². The SMILES string of the molecule is C=C(C#N)CN(C(=O)OC(C)(C)C)c1c(Cl)ccc2ccc(-c3cccc(C(=O)OC)n3)cc12. The summed E-state index contributed by atoms with van der Waals surface area (Å²) in [6.45, 7) is 8.89. The van der Waals surface area contributed by atoms with Crippen LogP contribution in [-0.2, 0) is 9.47 Å². The Morgan fingerprint density at radius 2 is 1.88 bits per heavy atom. The van der Waals surface area contributed by atoms with Crippen LogP contribution in [0.3, 0.4) is 0 Å². The van der Waals surface area contributed by atoms with Gasteiger partial charge in [0.05, 0.1) is 36.1 Å². The van der Waals surface area contributed by atoms with Crippen molar-refractivity contribution in [2.24, 2.45) is 0 Å². The van der Waals surface area contributed by atoms with Crippen molar-refractivity contribution in [3.8, 4) is 17.3 Å². The molecule has 0 aliphatic carbocycles. The Bertz CT molecular complexity index is 1320. The number of hydrogen-bond donors (Lipinski definition) is 0. The van der Waals surface area contributed by atoms with Gasteiger partial charge in [0.25, 0.3) is 0 Å². The number of rotatable bonds is 5. The van der Waals surface area contributed by atoms with Gasteiger partial charge in [-0.15, -0.1) is 0 Å². The molecule has 8 heteroatoms. The van der Waals surface area contributed by atoms with Crippen molar-refractivity contribution in [1.29, 1.82) is 5.26 Å². The number of carbonyl (C=O) groups excluding carboxylic acids is 2. The summed E-state index contributed by atoms with van der Waals surface area (Å²) in [6, 6.07) is 16.1. The van der Waals surface area contributed by atoms with Crippen LogP contribution in [0.5, 0.6) is 0 Å². The lowest BCUT2D eigenvalue weighted by Crippen LogP contribution is -2.38. The van der Waals surface area contributed by atoms with E-state index in [1.54, 1.807) is 45.0 Å². The summed E-state index contributed by atoms with van der Waals surface area (Å²) in [5.41, 5.74) is 1.21. The van der Waals surface area contributed by atoms with E-state index in [1.165, 1.54) is 12.0 Å². The molecule has 0 N–H and O–H groups in total. The molecule has 0 unspecified atom stereocenters. The smallest absolute Gasteiger partial charge is 0.415 e. The van der Waals surface area contributed by atoms with Crippen molar-refractivity contribution >= 4 is 40.1 Å². The molecule has 0 fully saturated rings. The van der Waals surface area contributed by atoms with Gasteiger partial charge in [-0.25, -0.2) is 14.6 Å². The minimum absolute atomic E-state index is 0.0927. The number of aromatic nitrogens is 1. The lowest BCUT2D eigenvalue weighted by molar-refractivity contribution is 0.0578. The van der Waals surface area contributed by atoms with Gasteiger partial charge >= 0.3 is 12.1 Å². The molecule has 0 spiro atoms. The van der Waals surface area contributed by atoms with E-state index in [4.69, 9.17) is 21.1 Å². The Hall–Kier alpha value is -3.89. The molecule has 7 nitrogen and oxygen atoms in total. The zero-order valence-electron chi connectivity index (χ0n) is 19.4. The predicted molar refractivity (Wildman–Crippen MR) is 132 cm³/mol. The number of fused-ring (bicyclic) bond motifs is 1. The van der Waals surface area contributed by atoms with Crippen LogP contribution in [0, 0.1) is 11.3 Å². The molecule has 0 aliphatic rings. The maximum atomic E-state index is 13.1. The topological polar surface area (TPSA) is 92.5 Å². The minimum atomic E-state index is -0.760. The predicted octanol–water partition coefficient (Wildman–Crippen LogP) is 6.16. The second-order valence-electron chi connectivity index (χ2n) is 8.51. The average Bonchev–Trinajstić information content (AvgIpc) is 2.80. The number of hydrogen-bond acceptors (Lipinski definition) is 6. The first-order valence-electron chi connectivity index (χ1n) is 10.4. The normalized spacial score (nSPS) is 10.9. The molecule has 1 amide bonds. The quantitative estimate of drug-likeness (QED) is 0.322. The molecule has 0 radical (unpaired) electrons. The van der Waals surface area contributed by atoms with E-state index in [2.05, 4.69) is 11.6 Å². The summed E-state index contributed by atoms with van der Waals surface area (Å²) in [7, 11) is 1.29. The summed E-state index contributed by atoms with van der Waals surface area (Å²) in [5.74, 6) is -0.544. The highest BCUT2D eigenvalue weighted by molar-refractivity contribution is 6.35. The largest absolute Gasteiger partial charge is 0.464 e. The highest BCUT2D eigenvalue weighted by atomic mass is 35.5. The van der Waals surface area contributed by atoms with Crippen molar-refractivity contribution in [3.05, 3.63) is 71.4 Å². The van der Waals surface area contributed by atoms with E-state index in [1.807, 2.05) is 30.3 Å². The van der Waals surface area contributed by atoms with Crippen molar-refractivity contribution < 1.29 is 19.1 Å². The van der Waals surface area contributed by atoms with Gasteiger partial charge < -0.3 is 9.47 Å². The van der Waals surface area contributed by atoms with Crippen LogP contribution in [0.15, 0.2) is 60.7 Å². The Morgan fingerprint density at radius 3 is 2.53 bits per heavy atom. The van der Waals surface area contributed by atoms with Gasteiger partial charge in [0.1, 0.15) is 11.3 Å². The highest BCUT2D eigenvalue weighted by Gasteiger charge is 2.27. The molecule has 34 heavy (non-hydrogen) atoms. The molecule has 1 heterocycles. The number of benzene rings is 2. The third kappa shape index (κ3) is 5.53. The fraction of sp³-hybridized carbons (Fsp3) is 0.231. The summed E-state index contributed by atoms with van der Waals surface area (Å²) in [4.78, 5) is 30.8. The monoisotopic (exact) mass is 477 g/mol. The van der Waals surface area contributed by atoms with Gasteiger partial charge in [0.2, 0.25) is 0 Å². The Balaban J connectivity index is 2.20. The lowest BCUT2D eigenvalue weighted by atomic mass is 10.0. The standard InChI is InChI=1S/C26H24ClN3O4/c1-16(14-28)15-30(25(32)34-26(2,3)4)23-19-13-18(10-9-17(19)11-12-20(23)27)21-7-6-8-22(29-21)24(31)33-5/h6-13H,1,15H2,2-5H3. The second-order valence-corrected chi connectivity index (χ2v) is 8.92. The van der Waals surface area contributed by atoms with Crippen LogP contribution in [0.4, 0.5) is 10.5 Å². The number of esters is 1. The maximum Gasteiger partial charge on any atom is 0.415 e. The summed E-state index contributed by atoms with van der Waals surface area (Å²) in [6.07, 6.45) is -0.658. The Morgan fingerprint density at radius 1 is 1.18 bits per heavy atom. The van der Waals surface area contributed by atoms with Gasteiger partial charge in [-0.1, -0.05) is 42.4 Å². The fourth-order valence-electron chi connectivity index (χ4n) is 3.30. The average molecular weight is 478 g/mol. The second kappa shape index (κ2) is 9.94. The third-order valence-corrected chi connectivity index (χ3v) is 5.08. The minimum Gasteiger partial charge on any atom is -0.464 e. The number of carbonyl (C=O) groups is 2. The number of pyridine rings is 1. The highest BCUT2D eigenvalue weighted by Crippen LogP contribution is 2.37. The summed E-state index contributed by atoms with van der Waals surface area (Å²) >= 11 is 6.59. The first-order valence-corrected chi connectivity index (χ1v) is 10.8. The van der Waals surface area contributed by atoms with Gasteiger partial charge in [-0.3, -0.25) is 4.90 Å². The molecular weight excluding hydrogens is 454 g/mol. The van der Waals surface area contributed by atoms with Crippen LogP contribution in [0.25, 0.3) is 22.0 Å². The first-order chi connectivity index (χ1) is 16.0. The van der Waals surface area contributed by atoms with Crippen LogP contribution in [-0.4, -0.2) is 36.3 Å². The number of methoxy groups -OCH3 is 1. The Kier molecular flexibility index (Phi) is 7.23. The van der Waals surface area contributed by atoms with E-state index in [-0.39, 0.29) is 17.8 Å². The molecular formula is C26H24ClN3O4. The van der Waals surface area contributed by atoms with E-state index >= 15 is 0 Å². The van der Waals surface area contributed by atoms with Crippen molar-refractivity contribution in [1.82, 2.24) is 4.98 Å². The number of halogens is 1. The van der Waals surface area contributed by atoms with Gasteiger partial charge in [-0.05, 0) is 50.4 Å². The van der Waals surface area contributed by atoms with Crippen LogP contribution < -0.4 is 4.90 Å². The molecule has 3 rings (SSSR count). The van der Waals surface area contributed by atoms with Gasteiger partial charge in [0, 0.05) is 16.5 Å². The van der Waals surface area contributed by atoms with Crippen molar-refractivity contribution in [2.45, 2.75) is 26.4 Å². The zero-order valence-corrected chi connectivity index (χ0v) is 20.1. The molecule has 1 aromatic heterocycles. The fourth-order valence-corrected chi connectivity index (χ4v) is 3.57. The zero-order chi connectivity index (χ0) is 25.0. The maximum absolute atomic E-state index is 13.1. The van der Waals surface area contributed by atoms with E-state index < -0.39 is 17.7 Å². The number of anilines is 1. The molecule has 0 atom stereocenters. The molecule has 0 saturated carbocycles. The van der Waals surface area contributed by atoms with Gasteiger partial charge in [-0.2, -0.15) is 5.26 Å². The number of amides is 1. The molecule has 0 aliphatic heterocycles. The first kappa shape index (κ1) is 24.7. The third-order valence-electron chi connectivity index (χ3n) is 4.77. The van der Waals surface area contributed by atoms with Crippen LogP contribution in [0.1, 0.15) is 31.3 Å². The van der Waals surface area contributed by atoms with Gasteiger partial charge in [0.15, 0.2) is 0 Å².